The Morgan fingerprint density at radius 3 is 2.21 bits per heavy atom. The molecule has 2 aromatic carbocycles. The number of hydrogen-bond donors (Lipinski definition) is 1. The highest BCUT2D eigenvalue weighted by molar-refractivity contribution is 6.30. The highest BCUT2D eigenvalue weighted by atomic mass is 35.5. The van der Waals surface area contributed by atoms with Crippen molar-refractivity contribution >= 4 is 17.5 Å². The normalized spacial score (nSPS) is 12.5. The lowest BCUT2D eigenvalue weighted by atomic mass is 9.86. The molecule has 1 N–H and O–H groups in total. The van der Waals surface area contributed by atoms with Crippen molar-refractivity contribution in [2.75, 3.05) is 6.61 Å². The predicted octanol–water partition coefficient (Wildman–Crippen LogP) is 4.83. The number of halogens is 1. The molecule has 1 amide bonds. The molecule has 0 aliphatic heterocycles. The fraction of sp³-hybridized carbons (Fsp3) is 0.350. The van der Waals surface area contributed by atoms with E-state index in [-0.39, 0.29) is 17.4 Å². The minimum absolute atomic E-state index is 0.0781. The minimum atomic E-state index is -0.101. The van der Waals surface area contributed by atoms with Crippen LogP contribution in [0.5, 0.6) is 5.75 Å². The molecule has 24 heavy (non-hydrogen) atoms. The van der Waals surface area contributed by atoms with Crippen LogP contribution in [0.15, 0.2) is 48.5 Å². The molecule has 128 valence electrons. The molecule has 0 fully saturated rings. The van der Waals surface area contributed by atoms with Crippen LogP contribution < -0.4 is 10.1 Å². The van der Waals surface area contributed by atoms with Gasteiger partial charge in [0.1, 0.15) is 12.4 Å². The summed E-state index contributed by atoms with van der Waals surface area (Å²) < 4.78 is 5.65. The van der Waals surface area contributed by atoms with Gasteiger partial charge in [0.05, 0.1) is 6.04 Å². The standard InChI is InChI=1S/C20H24ClNO2/c1-14(13-24-18-11-9-17(21)10-12-18)22-19(23)15-5-7-16(8-6-15)20(2,3)4/h5-12,14H,13H2,1-4H3,(H,22,23). The zero-order valence-corrected chi connectivity index (χ0v) is 15.4. The zero-order chi connectivity index (χ0) is 17.7. The Bertz CT molecular complexity index is 672. The van der Waals surface area contributed by atoms with E-state index < -0.39 is 0 Å². The molecule has 0 saturated heterocycles. The van der Waals surface area contributed by atoms with E-state index in [2.05, 4.69) is 26.1 Å². The number of carbonyl (C=O) groups excluding carboxylic acids is 1. The molecule has 0 radical (unpaired) electrons. The van der Waals surface area contributed by atoms with Crippen molar-refractivity contribution in [1.29, 1.82) is 0 Å². The summed E-state index contributed by atoms with van der Waals surface area (Å²) in [5, 5.41) is 3.61. The van der Waals surface area contributed by atoms with Crippen LogP contribution >= 0.6 is 11.6 Å². The highest BCUT2D eigenvalue weighted by Crippen LogP contribution is 2.22. The first-order valence-corrected chi connectivity index (χ1v) is 8.43. The predicted molar refractivity (Wildman–Crippen MR) is 99.0 cm³/mol. The Kier molecular flexibility index (Phi) is 5.89. The molecule has 0 aliphatic rings. The van der Waals surface area contributed by atoms with E-state index in [1.165, 1.54) is 5.56 Å². The molecule has 0 bridgehead atoms. The van der Waals surface area contributed by atoms with Crippen molar-refractivity contribution in [3.63, 3.8) is 0 Å². The molecule has 0 aliphatic carbocycles. The molecule has 0 saturated carbocycles. The first-order chi connectivity index (χ1) is 11.3. The molecular formula is C20H24ClNO2. The number of amides is 1. The van der Waals surface area contributed by atoms with E-state index in [0.29, 0.717) is 17.2 Å². The van der Waals surface area contributed by atoms with Gasteiger partial charge in [-0.15, -0.1) is 0 Å². The topological polar surface area (TPSA) is 38.3 Å². The van der Waals surface area contributed by atoms with Gasteiger partial charge in [0.2, 0.25) is 0 Å². The quantitative estimate of drug-likeness (QED) is 0.842. The summed E-state index contributed by atoms with van der Waals surface area (Å²) in [7, 11) is 0. The van der Waals surface area contributed by atoms with Gasteiger partial charge >= 0.3 is 0 Å². The third-order valence-corrected chi connectivity index (χ3v) is 3.96. The molecule has 1 unspecified atom stereocenters. The molecule has 0 aromatic heterocycles. The van der Waals surface area contributed by atoms with Crippen LogP contribution in [0.25, 0.3) is 0 Å². The fourth-order valence-corrected chi connectivity index (χ4v) is 2.35. The molecule has 4 heteroatoms. The lowest BCUT2D eigenvalue weighted by Crippen LogP contribution is -2.36. The first kappa shape index (κ1) is 18.3. The average molecular weight is 346 g/mol. The molecule has 1 atom stereocenters. The van der Waals surface area contributed by atoms with Gasteiger partial charge in [-0.3, -0.25) is 4.79 Å². The Morgan fingerprint density at radius 2 is 1.67 bits per heavy atom. The van der Waals surface area contributed by atoms with E-state index in [1.807, 2.05) is 43.3 Å². The first-order valence-electron chi connectivity index (χ1n) is 8.05. The highest BCUT2D eigenvalue weighted by Gasteiger charge is 2.15. The largest absolute Gasteiger partial charge is 0.491 e. The van der Waals surface area contributed by atoms with E-state index in [4.69, 9.17) is 16.3 Å². The second-order valence-electron chi connectivity index (χ2n) is 6.97. The van der Waals surface area contributed by atoms with Crippen LogP contribution in [-0.2, 0) is 5.41 Å². The third kappa shape index (κ3) is 5.27. The smallest absolute Gasteiger partial charge is 0.251 e. The van der Waals surface area contributed by atoms with E-state index in [9.17, 15) is 4.79 Å². The van der Waals surface area contributed by atoms with Gasteiger partial charge in [-0.1, -0.05) is 44.5 Å². The molecule has 0 spiro atoms. The van der Waals surface area contributed by atoms with Crippen molar-refractivity contribution in [3.05, 3.63) is 64.7 Å². The van der Waals surface area contributed by atoms with Crippen molar-refractivity contribution in [2.24, 2.45) is 0 Å². The number of rotatable bonds is 5. The summed E-state index contributed by atoms with van der Waals surface area (Å²) in [6.07, 6.45) is 0. The van der Waals surface area contributed by atoms with Gasteiger partial charge < -0.3 is 10.1 Å². The fourth-order valence-electron chi connectivity index (χ4n) is 2.22. The maximum absolute atomic E-state index is 12.3. The summed E-state index contributed by atoms with van der Waals surface area (Å²) in [5.74, 6) is 0.637. The van der Waals surface area contributed by atoms with Gasteiger partial charge in [0.25, 0.3) is 5.91 Å². The van der Waals surface area contributed by atoms with Crippen molar-refractivity contribution in [2.45, 2.75) is 39.2 Å². The molecule has 3 nitrogen and oxygen atoms in total. The summed E-state index contributed by atoms with van der Waals surface area (Å²) in [4.78, 5) is 12.3. The van der Waals surface area contributed by atoms with Crippen LogP contribution in [0, 0.1) is 0 Å². The second-order valence-corrected chi connectivity index (χ2v) is 7.40. The van der Waals surface area contributed by atoms with E-state index in [1.54, 1.807) is 12.1 Å². The number of ether oxygens (including phenoxy) is 1. The van der Waals surface area contributed by atoms with Crippen LogP contribution in [0.1, 0.15) is 43.6 Å². The SMILES string of the molecule is CC(COc1ccc(Cl)cc1)NC(=O)c1ccc(C(C)(C)C)cc1. The van der Waals surface area contributed by atoms with Crippen LogP contribution in [0.4, 0.5) is 0 Å². The molecule has 2 rings (SSSR count). The monoisotopic (exact) mass is 345 g/mol. The molecule has 2 aromatic rings. The minimum Gasteiger partial charge on any atom is -0.491 e. The average Bonchev–Trinajstić information content (AvgIpc) is 2.53. The Hall–Kier alpha value is -2.00. The van der Waals surface area contributed by atoms with Crippen LogP contribution in [0.3, 0.4) is 0 Å². The summed E-state index contributed by atoms with van der Waals surface area (Å²) in [5.41, 5.74) is 1.94. The summed E-state index contributed by atoms with van der Waals surface area (Å²) >= 11 is 5.84. The van der Waals surface area contributed by atoms with Crippen LogP contribution in [0.2, 0.25) is 5.02 Å². The Morgan fingerprint density at radius 1 is 1.08 bits per heavy atom. The van der Waals surface area contributed by atoms with Gasteiger partial charge in [-0.05, 0) is 54.3 Å². The van der Waals surface area contributed by atoms with Crippen LogP contribution in [-0.4, -0.2) is 18.6 Å². The van der Waals surface area contributed by atoms with Crippen molar-refractivity contribution in [3.8, 4) is 5.75 Å². The van der Waals surface area contributed by atoms with Gasteiger partial charge in [-0.2, -0.15) is 0 Å². The van der Waals surface area contributed by atoms with Crippen molar-refractivity contribution < 1.29 is 9.53 Å². The zero-order valence-electron chi connectivity index (χ0n) is 14.6. The number of carbonyl (C=O) groups is 1. The Labute approximate surface area is 149 Å². The van der Waals surface area contributed by atoms with Crippen molar-refractivity contribution in [1.82, 2.24) is 5.32 Å². The van der Waals surface area contributed by atoms with Gasteiger partial charge in [0, 0.05) is 10.6 Å². The lowest BCUT2D eigenvalue weighted by molar-refractivity contribution is 0.0926. The maximum atomic E-state index is 12.3. The summed E-state index contributed by atoms with van der Waals surface area (Å²) in [6.45, 7) is 8.76. The van der Waals surface area contributed by atoms with E-state index in [0.717, 1.165) is 5.75 Å². The maximum Gasteiger partial charge on any atom is 0.251 e. The third-order valence-electron chi connectivity index (χ3n) is 3.70. The number of benzene rings is 2. The van der Waals surface area contributed by atoms with Gasteiger partial charge in [0.15, 0.2) is 0 Å². The van der Waals surface area contributed by atoms with E-state index >= 15 is 0 Å². The van der Waals surface area contributed by atoms with Gasteiger partial charge in [-0.25, -0.2) is 0 Å². The number of hydrogen-bond acceptors (Lipinski definition) is 2. The second kappa shape index (κ2) is 7.71. The molecule has 0 heterocycles. The summed E-state index contributed by atoms with van der Waals surface area (Å²) in [6, 6.07) is 14.8. The Balaban J connectivity index is 1.88. The lowest BCUT2D eigenvalue weighted by Gasteiger charge is -2.19. The number of nitrogens with one attached hydrogen (secondary N) is 1. The molecular weight excluding hydrogens is 322 g/mol.